The predicted octanol–water partition coefficient (Wildman–Crippen LogP) is 0.175. The first kappa shape index (κ1) is 24.6. The van der Waals surface area contributed by atoms with Gasteiger partial charge in [-0.25, -0.2) is 0 Å². The van der Waals surface area contributed by atoms with E-state index in [1.165, 1.54) is 69.2 Å². The van der Waals surface area contributed by atoms with Gasteiger partial charge in [-0.05, 0) is 69.2 Å². The molecule has 0 aromatic carbocycles. The van der Waals surface area contributed by atoms with E-state index < -0.39 is 57.0 Å². The third kappa shape index (κ3) is 4.94. The molecule has 1 aliphatic heterocycles. The van der Waals surface area contributed by atoms with Gasteiger partial charge in [0.05, 0.1) is 11.1 Å². The molecule has 0 spiro atoms. The molecule has 0 saturated carbocycles. The summed E-state index contributed by atoms with van der Waals surface area (Å²) in [6.07, 6.45) is 0. The molecule has 29 heavy (non-hydrogen) atoms. The van der Waals surface area contributed by atoms with Crippen LogP contribution in [-0.4, -0.2) is 51.6 Å². The van der Waals surface area contributed by atoms with Crippen LogP contribution < -0.4 is 21.3 Å². The van der Waals surface area contributed by atoms with Gasteiger partial charge >= 0.3 is 0 Å². The van der Waals surface area contributed by atoms with Crippen molar-refractivity contribution in [2.24, 2.45) is 5.41 Å². The van der Waals surface area contributed by atoms with Crippen LogP contribution in [0.4, 0.5) is 0 Å². The molecular weight excluding hydrogens is 376 g/mol. The average Bonchev–Trinajstić information content (AvgIpc) is 2.51. The van der Waals surface area contributed by atoms with Gasteiger partial charge in [0.1, 0.15) is 16.5 Å². The zero-order chi connectivity index (χ0) is 23.2. The fourth-order valence-electron chi connectivity index (χ4n) is 2.87. The Morgan fingerprint density at radius 2 is 0.655 bits per heavy atom. The summed E-state index contributed by atoms with van der Waals surface area (Å²) in [7, 11) is 0. The van der Waals surface area contributed by atoms with Crippen LogP contribution in [0.3, 0.4) is 0 Å². The lowest BCUT2D eigenvalue weighted by molar-refractivity contribution is -0.148. The lowest BCUT2D eigenvalue weighted by Gasteiger charge is -2.40. The topological polar surface area (TPSA) is 133 Å². The SMILES string of the molecule is CC1(C)NC(=O)C(C)(C)C(=O)NC(C)(C)C(=O)NC(C)(C)C(=O)C(C)(C)NC1=O. The molecule has 9 heteroatoms. The Hall–Kier alpha value is -2.45. The Labute approximate surface area is 172 Å². The Kier molecular flexibility index (Phi) is 6.03. The van der Waals surface area contributed by atoms with Crippen molar-refractivity contribution < 1.29 is 24.0 Å². The summed E-state index contributed by atoms with van der Waals surface area (Å²) in [5.41, 5.74) is -7.00. The van der Waals surface area contributed by atoms with Crippen LogP contribution in [0.1, 0.15) is 69.2 Å². The molecule has 0 unspecified atom stereocenters. The number of nitrogens with one attached hydrogen (secondary N) is 4. The molecule has 4 N–H and O–H groups in total. The number of amides is 4. The predicted molar refractivity (Wildman–Crippen MR) is 108 cm³/mol. The van der Waals surface area contributed by atoms with Gasteiger partial charge in [0, 0.05) is 0 Å². The van der Waals surface area contributed by atoms with Gasteiger partial charge in [-0.3, -0.25) is 24.0 Å². The van der Waals surface area contributed by atoms with Crippen molar-refractivity contribution in [2.45, 2.75) is 91.4 Å². The van der Waals surface area contributed by atoms with Crippen molar-refractivity contribution in [2.75, 3.05) is 0 Å². The number of carbonyl (C=O) groups is 5. The summed E-state index contributed by atoms with van der Waals surface area (Å²) in [4.78, 5) is 64.3. The van der Waals surface area contributed by atoms with E-state index in [2.05, 4.69) is 21.3 Å². The van der Waals surface area contributed by atoms with Gasteiger partial charge in [0.25, 0.3) is 0 Å². The molecule has 1 rings (SSSR count). The van der Waals surface area contributed by atoms with E-state index in [1.54, 1.807) is 0 Å². The molecule has 0 bridgehead atoms. The van der Waals surface area contributed by atoms with E-state index in [-0.39, 0.29) is 0 Å². The highest BCUT2D eigenvalue weighted by Gasteiger charge is 2.48. The maximum Gasteiger partial charge on any atom is 0.245 e. The molecule has 0 atom stereocenters. The molecule has 9 nitrogen and oxygen atoms in total. The first-order chi connectivity index (χ1) is 12.7. The van der Waals surface area contributed by atoms with Gasteiger partial charge in [-0.1, -0.05) is 0 Å². The second kappa shape index (κ2) is 7.11. The fourth-order valence-corrected chi connectivity index (χ4v) is 2.87. The van der Waals surface area contributed by atoms with Crippen LogP contribution in [0, 0.1) is 5.41 Å². The lowest BCUT2D eigenvalue weighted by atomic mass is 9.83. The Morgan fingerprint density at radius 1 is 0.414 bits per heavy atom. The maximum absolute atomic E-state index is 13.1. The second-order valence-electron chi connectivity index (χ2n) is 10.3. The van der Waals surface area contributed by atoms with Gasteiger partial charge in [-0.15, -0.1) is 0 Å². The van der Waals surface area contributed by atoms with Crippen LogP contribution in [-0.2, 0) is 24.0 Å². The summed E-state index contributed by atoms with van der Waals surface area (Å²) in [6.45, 7) is 14.9. The molecule has 1 saturated heterocycles. The molecular formula is C20H34N4O5. The van der Waals surface area contributed by atoms with Crippen molar-refractivity contribution in [3.05, 3.63) is 0 Å². The van der Waals surface area contributed by atoms with Crippen LogP contribution in [0.2, 0.25) is 0 Å². The molecule has 0 aromatic rings. The molecule has 1 fully saturated rings. The number of Topliss-reactive ketones (excluding diaryl/α,β-unsaturated/α-hetero) is 1. The van der Waals surface area contributed by atoms with E-state index in [0.29, 0.717) is 0 Å². The van der Waals surface area contributed by atoms with Gasteiger partial charge in [0.2, 0.25) is 23.6 Å². The minimum absolute atomic E-state index is 0.437. The monoisotopic (exact) mass is 410 g/mol. The molecule has 0 aliphatic carbocycles. The van der Waals surface area contributed by atoms with E-state index in [0.717, 1.165) is 0 Å². The van der Waals surface area contributed by atoms with E-state index in [1.807, 2.05) is 0 Å². The normalized spacial score (nSPS) is 26.3. The zero-order valence-electron chi connectivity index (χ0n) is 19.0. The van der Waals surface area contributed by atoms with Crippen LogP contribution in [0.25, 0.3) is 0 Å². The summed E-state index contributed by atoms with van der Waals surface area (Å²) >= 11 is 0. The molecule has 164 valence electrons. The number of hydrogen-bond acceptors (Lipinski definition) is 5. The quantitative estimate of drug-likeness (QED) is 0.423. The van der Waals surface area contributed by atoms with Crippen LogP contribution >= 0.6 is 0 Å². The lowest BCUT2D eigenvalue weighted by Crippen LogP contribution is -2.70. The van der Waals surface area contributed by atoms with Gasteiger partial charge in [0.15, 0.2) is 5.78 Å². The molecule has 4 amide bonds. The summed E-state index contributed by atoms with van der Waals surface area (Å²) in [5.74, 6) is -3.01. The molecule has 1 heterocycles. The summed E-state index contributed by atoms with van der Waals surface area (Å²) < 4.78 is 0. The second-order valence-corrected chi connectivity index (χ2v) is 10.3. The minimum Gasteiger partial charge on any atom is -0.342 e. The van der Waals surface area contributed by atoms with Crippen molar-refractivity contribution >= 4 is 29.4 Å². The van der Waals surface area contributed by atoms with Gasteiger partial charge < -0.3 is 21.3 Å². The number of hydrogen-bond donors (Lipinski definition) is 4. The van der Waals surface area contributed by atoms with E-state index >= 15 is 0 Å². The molecule has 0 aromatic heterocycles. The smallest absolute Gasteiger partial charge is 0.245 e. The first-order valence-electron chi connectivity index (χ1n) is 9.52. The average molecular weight is 411 g/mol. The fraction of sp³-hybridized carbons (Fsp3) is 0.750. The van der Waals surface area contributed by atoms with Crippen LogP contribution in [0.15, 0.2) is 0 Å². The standard InChI is InChI=1S/C20H34N4O5/c1-16(2)12(26)21-19(7,8)14(28)23-17(3,4)11(25)18(5,6)24-15(29)20(9,10)22-13(16)27/h1-10H3,(H,21,26)(H,22,27)(H,23,28)(H,24,29). The largest absolute Gasteiger partial charge is 0.342 e. The van der Waals surface area contributed by atoms with Gasteiger partial charge in [-0.2, -0.15) is 0 Å². The number of rotatable bonds is 0. The van der Waals surface area contributed by atoms with E-state index in [9.17, 15) is 24.0 Å². The first-order valence-corrected chi connectivity index (χ1v) is 9.52. The number of ketones is 1. The van der Waals surface area contributed by atoms with Crippen molar-refractivity contribution in [3.63, 3.8) is 0 Å². The minimum atomic E-state index is -1.56. The highest BCUT2D eigenvalue weighted by molar-refractivity contribution is 6.09. The Morgan fingerprint density at radius 3 is 0.931 bits per heavy atom. The third-order valence-corrected chi connectivity index (χ3v) is 5.11. The Balaban J connectivity index is 3.53. The number of carbonyl (C=O) groups excluding carboxylic acids is 5. The summed E-state index contributed by atoms with van der Waals surface area (Å²) in [6, 6.07) is 0. The highest BCUT2D eigenvalue weighted by Crippen LogP contribution is 2.23. The third-order valence-electron chi connectivity index (χ3n) is 5.11. The highest BCUT2D eigenvalue weighted by atomic mass is 16.2. The summed E-state index contributed by atoms with van der Waals surface area (Å²) in [5, 5.41) is 10.4. The van der Waals surface area contributed by atoms with Crippen LogP contribution in [0.5, 0.6) is 0 Å². The molecule has 1 aliphatic rings. The van der Waals surface area contributed by atoms with E-state index in [4.69, 9.17) is 0 Å². The maximum atomic E-state index is 13.1. The van der Waals surface area contributed by atoms with Crippen molar-refractivity contribution in [1.29, 1.82) is 0 Å². The molecule has 0 radical (unpaired) electrons. The zero-order valence-corrected chi connectivity index (χ0v) is 19.0. The Bertz CT molecular complexity index is 703. The van der Waals surface area contributed by atoms with Crippen molar-refractivity contribution in [1.82, 2.24) is 21.3 Å². The van der Waals surface area contributed by atoms with Crippen molar-refractivity contribution in [3.8, 4) is 0 Å².